The van der Waals surface area contributed by atoms with Crippen LogP contribution in [0, 0.1) is 6.92 Å². The number of halogens is 1. The number of benzene rings is 3. The van der Waals surface area contributed by atoms with Crippen molar-refractivity contribution in [2.24, 2.45) is 0 Å². The number of carbonyl (C=O) groups excluding carboxylic acids is 1. The molecule has 0 spiro atoms. The predicted molar refractivity (Wildman–Crippen MR) is 117 cm³/mol. The Bertz CT molecular complexity index is 1090. The number of hydrogen-bond donors (Lipinski definition) is 0. The van der Waals surface area contributed by atoms with E-state index in [-0.39, 0.29) is 5.91 Å². The topological polar surface area (TPSA) is 33.2 Å². The van der Waals surface area contributed by atoms with E-state index in [1.165, 1.54) is 11.3 Å². The van der Waals surface area contributed by atoms with Gasteiger partial charge in [-0.3, -0.25) is 9.69 Å². The molecular weight excluding hydrogens is 388 g/mol. The summed E-state index contributed by atoms with van der Waals surface area (Å²) >= 11 is 7.49. The maximum Gasteiger partial charge on any atom is 0.264 e. The van der Waals surface area contributed by atoms with Crippen LogP contribution in [0.3, 0.4) is 0 Å². The van der Waals surface area contributed by atoms with E-state index in [1.54, 1.807) is 29.2 Å². The maximum atomic E-state index is 13.4. The molecule has 0 bridgehead atoms. The fraction of sp³-hybridized carbons (Fsp3) is 0.0435. The van der Waals surface area contributed by atoms with Crippen molar-refractivity contribution in [1.29, 1.82) is 0 Å². The van der Waals surface area contributed by atoms with Crippen molar-refractivity contribution in [2.45, 2.75) is 6.92 Å². The average molecular weight is 405 g/mol. The molecule has 0 aliphatic heterocycles. The number of nitrogens with zero attached hydrogens (tertiary/aromatic N) is 2. The summed E-state index contributed by atoms with van der Waals surface area (Å²) in [7, 11) is 0. The lowest BCUT2D eigenvalue weighted by Crippen LogP contribution is -2.25. The van der Waals surface area contributed by atoms with E-state index in [9.17, 15) is 4.79 Å². The summed E-state index contributed by atoms with van der Waals surface area (Å²) in [6, 6.07) is 26.5. The second kappa shape index (κ2) is 7.97. The third kappa shape index (κ3) is 3.70. The predicted octanol–water partition coefficient (Wildman–Crippen LogP) is 6.75. The quantitative estimate of drug-likeness (QED) is 0.377. The molecule has 3 nitrogen and oxygen atoms in total. The van der Waals surface area contributed by atoms with Gasteiger partial charge in [-0.15, -0.1) is 11.3 Å². The Morgan fingerprint density at radius 2 is 1.50 bits per heavy atom. The van der Waals surface area contributed by atoms with Gasteiger partial charge in [0.05, 0.1) is 11.4 Å². The highest BCUT2D eigenvalue weighted by atomic mass is 35.5. The summed E-state index contributed by atoms with van der Waals surface area (Å²) in [6.45, 7) is 2.03. The molecule has 1 aromatic heterocycles. The average Bonchev–Trinajstić information content (AvgIpc) is 3.11. The Morgan fingerprint density at radius 1 is 0.893 bits per heavy atom. The van der Waals surface area contributed by atoms with Gasteiger partial charge in [-0.25, -0.2) is 4.98 Å². The number of hydrogen-bond acceptors (Lipinski definition) is 3. The van der Waals surface area contributed by atoms with Gasteiger partial charge < -0.3 is 0 Å². The fourth-order valence-electron chi connectivity index (χ4n) is 2.96. The molecule has 0 aliphatic carbocycles. The first-order chi connectivity index (χ1) is 13.6. The Morgan fingerprint density at radius 3 is 2.14 bits per heavy atom. The molecule has 4 rings (SSSR count). The fourth-order valence-corrected chi connectivity index (χ4v) is 4.03. The van der Waals surface area contributed by atoms with Crippen LogP contribution in [0.1, 0.15) is 15.2 Å². The summed E-state index contributed by atoms with van der Waals surface area (Å²) in [5.41, 5.74) is 3.26. The normalized spacial score (nSPS) is 10.6. The van der Waals surface area contributed by atoms with Crippen LogP contribution in [-0.2, 0) is 0 Å². The smallest absolute Gasteiger partial charge is 0.264 e. The molecule has 0 radical (unpaired) electrons. The molecule has 28 heavy (non-hydrogen) atoms. The van der Waals surface area contributed by atoms with E-state index in [2.05, 4.69) is 0 Å². The van der Waals surface area contributed by atoms with Gasteiger partial charge in [0.15, 0.2) is 5.13 Å². The molecule has 0 atom stereocenters. The van der Waals surface area contributed by atoms with Gasteiger partial charge in [-0.05, 0) is 43.3 Å². The lowest BCUT2D eigenvalue weighted by molar-refractivity contribution is 0.0999. The van der Waals surface area contributed by atoms with Crippen LogP contribution in [0.25, 0.3) is 11.3 Å². The van der Waals surface area contributed by atoms with Gasteiger partial charge in [0.2, 0.25) is 0 Å². The molecule has 0 saturated carbocycles. The van der Waals surface area contributed by atoms with Gasteiger partial charge in [0.25, 0.3) is 5.91 Å². The van der Waals surface area contributed by atoms with Crippen LogP contribution in [-0.4, -0.2) is 10.9 Å². The minimum atomic E-state index is -0.142. The van der Waals surface area contributed by atoms with E-state index in [4.69, 9.17) is 16.6 Å². The van der Waals surface area contributed by atoms with Gasteiger partial charge in [0.1, 0.15) is 0 Å². The molecule has 1 heterocycles. The maximum absolute atomic E-state index is 13.4. The van der Waals surface area contributed by atoms with Gasteiger partial charge in [0, 0.05) is 21.0 Å². The Hall–Kier alpha value is -2.95. The monoisotopic (exact) mass is 404 g/mol. The van der Waals surface area contributed by atoms with Crippen molar-refractivity contribution >= 4 is 39.7 Å². The molecule has 4 aromatic rings. The largest absolute Gasteiger partial charge is 0.268 e. The lowest BCUT2D eigenvalue weighted by Gasteiger charge is -2.20. The highest BCUT2D eigenvalue weighted by Crippen LogP contribution is 2.36. The number of carbonyl (C=O) groups is 1. The molecule has 0 N–H and O–H groups in total. The minimum Gasteiger partial charge on any atom is -0.268 e. The van der Waals surface area contributed by atoms with E-state index in [0.29, 0.717) is 15.7 Å². The van der Waals surface area contributed by atoms with Crippen LogP contribution in [0.4, 0.5) is 10.8 Å². The zero-order chi connectivity index (χ0) is 19.5. The molecule has 1 amide bonds. The molecule has 5 heteroatoms. The second-order valence-corrected chi connectivity index (χ2v) is 7.87. The highest BCUT2D eigenvalue weighted by Gasteiger charge is 2.24. The first kappa shape index (κ1) is 18.4. The van der Waals surface area contributed by atoms with Crippen molar-refractivity contribution in [1.82, 2.24) is 4.98 Å². The van der Waals surface area contributed by atoms with Crippen LogP contribution >= 0.6 is 22.9 Å². The Labute approximate surface area is 172 Å². The van der Waals surface area contributed by atoms with Gasteiger partial charge in [-0.2, -0.15) is 0 Å². The van der Waals surface area contributed by atoms with E-state index < -0.39 is 0 Å². The van der Waals surface area contributed by atoms with Crippen molar-refractivity contribution < 1.29 is 4.79 Å². The molecule has 0 unspecified atom stereocenters. The number of thiazole rings is 1. The summed E-state index contributed by atoms with van der Waals surface area (Å²) in [5.74, 6) is -0.142. The highest BCUT2D eigenvalue weighted by molar-refractivity contribution is 7.16. The number of anilines is 2. The molecule has 0 saturated heterocycles. The minimum absolute atomic E-state index is 0.142. The lowest BCUT2D eigenvalue weighted by atomic mass is 10.1. The first-order valence-corrected chi connectivity index (χ1v) is 10.0. The van der Waals surface area contributed by atoms with Crippen molar-refractivity contribution in [2.75, 3.05) is 4.90 Å². The summed E-state index contributed by atoms with van der Waals surface area (Å²) in [4.78, 5) is 20.9. The zero-order valence-electron chi connectivity index (χ0n) is 15.2. The number of para-hydroxylation sites is 1. The summed E-state index contributed by atoms with van der Waals surface area (Å²) in [6.07, 6.45) is 0. The molecule has 3 aromatic carbocycles. The first-order valence-electron chi connectivity index (χ1n) is 8.81. The number of rotatable bonds is 4. The zero-order valence-corrected chi connectivity index (χ0v) is 16.7. The number of amides is 1. The van der Waals surface area contributed by atoms with Crippen LogP contribution in [0.15, 0.2) is 84.9 Å². The van der Waals surface area contributed by atoms with Crippen LogP contribution in [0.5, 0.6) is 0 Å². The van der Waals surface area contributed by atoms with E-state index in [0.717, 1.165) is 21.8 Å². The van der Waals surface area contributed by atoms with E-state index in [1.807, 2.05) is 67.6 Å². The van der Waals surface area contributed by atoms with Crippen LogP contribution < -0.4 is 4.90 Å². The van der Waals surface area contributed by atoms with Crippen molar-refractivity contribution in [3.8, 4) is 11.3 Å². The standard InChI is InChI=1S/C23H17ClN2OS/c1-16-21(17-8-4-2-5-9-17)25-23(28-16)26(20-10-6-3-7-11-20)22(27)18-12-14-19(24)15-13-18/h2-15H,1H3. The third-order valence-corrected chi connectivity index (χ3v) is 5.54. The molecule has 138 valence electrons. The van der Waals surface area contributed by atoms with Gasteiger partial charge >= 0.3 is 0 Å². The Balaban J connectivity index is 1.81. The summed E-state index contributed by atoms with van der Waals surface area (Å²) in [5, 5.41) is 1.24. The van der Waals surface area contributed by atoms with Crippen molar-refractivity contribution in [3.05, 3.63) is 100 Å². The Kier molecular flexibility index (Phi) is 5.24. The van der Waals surface area contributed by atoms with E-state index >= 15 is 0 Å². The SMILES string of the molecule is Cc1sc(N(C(=O)c2ccc(Cl)cc2)c2ccccc2)nc1-c1ccccc1. The van der Waals surface area contributed by atoms with Crippen molar-refractivity contribution in [3.63, 3.8) is 0 Å². The number of aromatic nitrogens is 1. The summed E-state index contributed by atoms with van der Waals surface area (Å²) < 4.78 is 0. The molecule has 0 fully saturated rings. The molecular formula is C23H17ClN2OS. The third-order valence-electron chi connectivity index (χ3n) is 4.33. The van der Waals surface area contributed by atoms with Gasteiger partial charge in [-0.1, -0.05) is 60.1 Å². The number of aryl methyl sites for hydroxylation is 1. The second-order valence-electron chi connectivity index (χ2n) is 6.25. The molecule has 0 aliphatic rings. The van der Waals surface area contributed by atoms with Crippen LogP contribution in [0.2, 0.25) is 5.02 Å².